The van der Waals surface area contributed by atoms with E-state index in [1.807, 2.05) is 6.92 Å². The Labute approximate surface area is 116 Å². The van der Waals surface area contributed by atoms with E-state index in [4.69, 9.17) is 16.6 Å². The van der Waals surface area contributed by atoms with Gasteiger partial charge in [-0.25, -0.2) is 9.97 Å². The molecule has 0 radical (unpaired) electrons. The van der Waals surface area contributed by atoms with Gasteiger partial charge in [-0.3, -0.25) is 0 Å². The molecule has 0 bridgehead atoms. The summed E-state index contributed by atoms with van der Waals surface area (Å²) in [5.41, 5.74) is 0.975. The van der Waals surface area contributed by atoms with Crippen molar-refractivity contribution in [1.82, 2.24) is 9.97 Å². The van der Waals surface area contributed by atoms with Gasteiger partial charge in [-0.2, -0.15) is 0 Å². The molecular weight excluding hydrogens is 246 g/mol. The van der Waals surface area contributed by atoms with Crippen molar-refractivity contribution in [3.05, 3.63) is 16.5 Å². The van der Waals surface area contributed by atoms with Crippen LogP contribution in [0, 0.1) is 6.92 Å². The number of anilines is 1. The summed E-state index contributed by atoms with van der Waals surface area (Å²) in [6.07, 6.45) is 1.09. The van der Waals surface area contributed by atoms with Gasteiger partial charge in [-0.1, -0.05) is 32.4 Å². The lowest BCUT2D eigenvalue weighted by Gasteiger charge is -2.29. The Morgan fingerprint density at radius 1 is 1.17 bits per heavy atom. The van der Waals surface area contributed by atoms with Crippen LogP contribution in [0.1, 0.15) is 58.3 Å². The minimum absolute atomic E-state index is 0.289. The van der Waals surface area contributed by atoms with Gasteiger partial charge in [0, 0.05) is 24.1 Å². The number of hydrogen-bond acceptors (Lipinski definition) is 3. The molecule has 0 aliphatic rings. The van der Waals surface area contributed by atoms with Gasteiger partial charge in [0.1, 0.15) is 16.8 Å². The van der Waals surface area contributed by atoms with E-state index in [2.05, 4.69) is 44.5 Å². The molecule has 0 atom stereocenters. The van der Waals surface area contributed by atoms with E-state index in [0.29, 0.717) is 11.2 Å². The maximum Gasteiger partial charge on any atom is 0.137 e. The van der Waals surface area contributed by atoms with E-state index >= 15 is 0 Å². The molecule has 4 heteroatoms. The lowest BCUT2D eigenvalue weighted by atomic mass is 10.2. The van der Waals surface area contributed by atoms with Crippen LogP contribution in [-0.2, 0) is 0 Å². The minimum atomic E-state index is 0.289. The van der Waals surface area contributed by atoms with Gasteiger partial charge in [-0.05, 0) is 27.2 Å². The highest BCUT2D eigenvalue weighted by Crippen LogP contribution is 2.27. The molecule has 0 fully saturated rings. The molecule has 1 aromatic rings. The van der Waals surface area contributed by atoms with Crippen molar-refractivity contribution in [2.45, 2.75) is 59.9 Å². The summed E-state index contributed by atoms with van der Waals surface area (Å²) in [7, 11) is 0. The second-order valence-corrected chi connectivity index (χ2v) is 5.62. The molecule has 0 aromatic carbocycles. The van der Waals surface area contributed by atoms with Crippen molar-refractivity contribution in [3.63, 3.8) is 0 Å². The average molecular weight is 270 g/mol. The summed E-state index contributed by atoms with van der Waals surface area (Å²) in [6, 6.07) is 0.412. The van der Waals surface area contributed by atoms with Crippen LogP contribution in [0.25, 0.3) is 0 Å². The molecule has 0 amide bonds. The summed E-state index contributed by atoms with van der Waals surface area (Å²) >= 11 is 6.23. The monoisotopic (exact) mass is 269 g/mol. The van der Waals surface area contributed by atoms with Crippen LogP contribution >= 0.6 is 11.6 Å². The molecule has 0 saturated heterocycles. The first-order valence-corrected chi connectivity index (χ1v) is 7.06. The Kier molecular flexibility index (Phi) is 5.39. The van der Waals surface area contributed by atoms with Crippen molar-refractivity contribution < 1.29 is 0 Å². The van der Waals surface area contributed by atoms with E-state index in [-0.39, 0.29) is 5.92 Å². The van der Waals surface area contributed by atoms with Crippen LogP contribution in [0.2, 0.25) is 5.15 Å². The number of rotatable bonds is 5. The first kappa shape index (κ1) is 15.2. The summed E-state index contributed by atoms with van der Waals surface area (Å²) in [4.78, 5) is 11.4. The van der Waals surface area contributed by atoms with Gasteiger partial charge in [0.15, 0.2) is 0 Å². The van der Waals surface area contributed by atoms with E-state index < -0.39 is 0 Å². The van der Waals surface area contributed by atoms with Gasteiger partial charge in [0.05, 0.1) is 0 Å². The molecule has 0 aliphatic carbocycles. The second kappa shape index (κ2) is 6.37. The Hall–Kier alpha value is -0.830. The van der Waals surface area contributed by atoms with E-state index in [1.165, 1.54) is 0 Å². The standard InChI is InChI=1S/C14H24ClN3/c1-7-8-18(10(4)5)14-11(6)12(15)16-13(17-14)9(2)3/h9-10H,7-8H2,1-6H3. The van der Waals surface area contributed by atoms with Gasteiger partial charge in [0.2, 0.25) is 0 Å². The Morgan fingerprint density at radius 3 is 2.22 bits per heavy atom. The molecule has 18 heavy (non-hydrogen) atoms. The van der Waals surface area contributed by atoms with Crippen molar-refractivity contribution >= 4 is 17.4 Å². The molecule has 0 N–H and O–H groups in total. The molecule has 3 nitrogen and oxygen atoms in total. The third kappa shape index (κ3) is 3.35. The molecule has 0 aliphatic heterocycles. The molecule has 1 aromatic heterocycles. The minimum Gasteiger partial charge on any atom is -0.354 e. The number of hydrogen-bond donors (Lipinski definition) is 0. The van der Waals surface area contributed by atoms with Gasteiger partial charge in [0.25, 0.3) is 0 Å². The number of aromatic nitrogens is 2. The van der Waals surface area contributed by atoms with Gasteiger partial charge in [-0.15, -0.1) is 0 Å². The Balaban J connectivity index is 3.27. The maximum atomic E-state index is 6.23. The van der Waals surface area contributed by atoms with Crippen LogP contribution in [0.3, 0.4) is 0 Å². The van der Waals surface area contributed by atoms with E-state index in [9.17, 15) is 0 Å². The zero-order valence-electron chi connectivity index (χ0n) is 12.3. The van der Waals surface area contributed by atoms with E-state index in [0.717, 1.165) is 30.2 Å². The number of nitrogens with zero attached hydrogens (tertiary/aromatic N) is 3. The Bertz CT molecular complexity index is 402. The zero-order chi connectivity index (χ0) is 13.9. The molecule has 102 valence electrons. The SMILES string of the molecule is CCCN(c1nc(C(C)C)nc(Cl)c1C)C(C)C. The van der Waals surface area contributed by atoms with E-state index in [1.54, 1.807) is 0 Å². The molecule has 1 heterocycles. The van der Waals surface area contributed by atoms with Crippen LogP contribution in [0.15, 0.2) is 0 Å². The molecular formula is C14H24ClN3. The van der Waals surface area contributed by atoms with Crippen LogP contribution in [0.5, 0.6) is 0 Å². The molecule has 0 spiro atoms. The first-order valence-electron chi connectivity index (χ1n) is 6.69. The predicted molar refractivity (Wildman–Crippen MR) is 78.6 cm³/mol. The largest absolute Gasteiger partial charge is 0.354 e. The van der Waals surface area contributed by atoms with Gasteiger partial charge < -0.3 is 4.90 Å². The predicted octanol–water partition coefficient (Wildman–Crippen LogP) is 4.19. The summed E-state index contributed by atoms with van der Waals surface area (Å²) in [6.45, 7) is 13.7. The molecule has 1 rings (SSSR count). The Morgan fingerprint density at radius 2 is 1.78 bits per heavy atom. The average Bonchev–Trinajstić information content (AvgIpc) is 2.29. The fraction of sp³-hybridized carbons (Fsp3) is 0.714. The van der Waals surface area contributed by atoms with Crippen molar-refractivity contribution in [2.75, 3.05) is 11.4 Å². The summed E-state index contributed by atoms with van der Waals surface area (Å²) < 4.78 is 0. The fourth-order valence-electron chi connectivity index (χ4n) is 1.88. The van der Waals surface area contributed by atoms with Gasteiger partial charge >= 0.3 is 0 Å². The highest BCUT2D eigenvalue weighted by Gasteiger charge is 2.18. The lowest BCUT2D eigenvalue weighted by molar-refractivity contribution is 0.650. The smallest absolute Gasteiger partial charge is 0.137 e. The second-order valence-electron chi connectivity index (χ2n) is 5.26. The third-order valence-corrected chi connectivity index (χ3v) is 3.32. The normalized spacial score (nSPS) is 11.4. The third-order valence-electron chi connectivity index (χ3n) is 2.95. The fourth-order valence-corrected chi connectivity index (χ4v) is 2.05. The highest BCUT2D eigenvalue weighted by atomic mass is 35.5. The lowest BCUT2D eigenvalue weighted by Crippen LogP contribution is -2.33. The first-order chi connectivity index (χ1) is 8.38. The van der Waals surface area contributed by atoms with Crippen molar-refractivity contribution in [1.29, 1.82) is 0 Å². The van der Waals surface area contributed by atoms with Crippen LogP contribution in [0.4, 0.5) is 5.82 Å². The van der Waals surface area contributed by atoms with Crippen LogP contribution in [-0.4, -0.2) is 22.6 Å². The summed E-state index contributed by atoms with van der Waals surface area (Å²) in [5.74, 6) is 2.09. The highest BCUT2D eigenvalue weighted by molar-refractivity contribution is 6.30. The topological polar surface area (TPSA) is 29.0 Å². The van der Waals surface area contributed by atoms with Crippen molar-refractivity contribution in [3.8, 4) is 0 Å². The summed E-state index contributed by atoms with van der Waals surface area (Å²) in [5, 5.41) is 0.574. The maximum absolute atomic E-state index is 6.23. The van der Waals surface area contributed by atoms with Crippen LogP contribution < -0.4 is 4.90 Å². The molecule has 0 unspecified atom stereocenters. The quantitative estimate of drug-likeness (QED) is 0.751. The molecule has 0 saturated carbocycles. The number of halogens is 1. The zero-order valence-corrected chi connectivity index (χ0v) is 13.0. The van der Waals surface area contributed by atoms with Crippen molar-refractivity contribution in [2.24, 2.45) is 0 Å².